The van der Waals surface area contributed by atoms with Crippen molar-refractivity contribution in [3.63, 3.8) is 0 Å². The van der Waals surface area contributed by atoms with Gasteiger partial charge in [-0.25, -0.2) is 9.59 Å². The number of Topliss-reactive ketones (excluding diaryl/α,β-unsaturated/α-hetero) is 1. The van der Waals surface area contributed by atoms with Crippen LogP contribution in [0.2, 0.25) is 0 Å². The number of cyclic esters (lactones) is 2. The summed E-state index contributed by atoms with van der Waals surface area (Å²) < 4.78 is 22.0. The molecule has 0 spiro atoms. The second-order valence-electron chi connectivity index (χ2n) is 8.63. The lowest BCUT2D eigenvalue weighted by Gasteiger charge is -2.43. The van der Waals surface area contributed by atoms with Gasteiger partial charge in [0.1, 0.15) is 13.2 Å². The van der Waals surface area contributed by atoms with E-state index >= 15 is 0 Å². The number of hydrogen-bond donors (Lipinski definition) is 0. The van der Waals surface area contributed by atoms with Gasteiger partial charge in [0.15, 0.2) is 0 Å². The molecule has 2 saturated heterocycles. The lowest BCUT2D eigenvalue weighted by molar-refractivity contribution is -0.184. The van der Waals surface area contributed by atoms with Gasteiger partial charge in [0.2, 0.25) is 17.0 Å². The Bertz CT molecular complexity index is 980. The van der Waals surface area contributed by atoms with E-state index in [-0.39, 0.29) is 37.2 Å². The predicted octanol–water partition coefficient (Wildman–Crippen LogP) is 2.06. The molecule has 0 aromatic rings. The molecule has 180 valence electrons. The number of fused-ring (bicyclic) bond motifs is 2. The lowest BCUT2D eigenvalue weighted by atomic mass is 9.66. The van der Waals surface area contributed by atoms with Gasteiger partial charge in [-0.1, -0.05) is 38.2 Å². The SMILES string of the molecule is CCCC(=O)OC1(C(=O)C2(OC(=O)CCC)C=CC=C3C(=O)OCC32)C=CC=C2C(=O)OCC21. The normalized spacial score (nSPS) is 31.0. The van der Waals surface area contributed by atoms with Crippen molar-refractivity contribution in [2.24, 2.45) is 11.8 Å². The fourth-order valence-electron chi connectivity index (χ4n) is 4.81. The van der Waals surface area contributed by atoms with E-state index in [1.54, 1.807) is 13.8 Å². The average molecular weight is 470 g/mol. The van der Waals surface area contributed by atoms with Gasteiger partial charge < -0.3 is 18.9 Å². The van der Waals surface area contributed by atoms with Crippen molar-refractivity contribution in [1.82, 2.24) is 0 Å². The minimum absolute atomic E-state index is 0.0398. The summed E-state index contributed by atoms with van der Waals surface area (Å²) in [5, 5.41) is 0. The molecule has 2 aliphatic heterocycles. The number of ketones is 1. The molecular formula is C25H26O9. The molecule has 0 aromatic heterocycles. The molecule has 2 fully saturated rings. The molecule has 0 bridgehead atoms. The highest BCUT2D eigenvalue weighted by Gasteiger charge is 2.65. The second-order valence-corrected chi connectivity index (χ2v) is 8.63. The molecule has 0 radical (unpaired) electrons. The maximum Gasteiger partial charge on any atom is 0.334 e. The van der Waals surface area contributed by atoms with Crippen LogP contribution in [0.25, 0.3) is 0 Å². The van der Waals surface area contributed by atoms with Crippen molar-refractivity contribution in [3.8, 4) is 0 Å². The Kier molecular flexibility index (Phi) is 6.29. The van der Waals surface area contributed by atoms with Crippen molar-refractivity contribution >= 4 is 29.7 Å². The summed E-state index contributed by atoms with van der Waals surface area (Å²) in [6.45, 7) is 3.20. The number of carbonyl (C=O) groups is 5. The van der Waals surface area contributed by atoms with Crippen molar-refractivity contribution in [1.29, 1.82) is 0 Å². The molecule has 4 rings (SSSR count). The van der Waals surface area contributed by atoms with E-state index < -0.39 is 52.7 Å². The topological polar surface area (TPSA) is 122 Å². The molecular weight excluding hydrogens is 444 g/mol. The van der Waals surface area contributed by atoms with Crippen LogP contribution in [0.1, 0.15) is 39.5 Å². The first-order valence-electron chi connectivity index (χ1n) is 11.4. The molecule has 9 nitrogen and oxygen atoms in total. The first-order chi connectivity index (χ1) is 16.3. The highest BCUT2D eigenvalue weighted by molar-refractivity contribution is 6.07. The first-order valence-corrected chi connectivity index (χ1v) is 11.4. The third kappa shape index (κ3) is 3.69. The molecule has 4 aliphatic rings. The molecule has 0 N–H and O–H groups in total. The Balaban J connectivity index is 1.85. The number of rotatable bonds is 8. The van der Waals surface area contributed by atoms with Crippen molar-refractivity contribution in [2.45, 2.75) is 50.7 Å². The summed E-state index contributed by atoms with van der Waals surface area (Å²) in [6, 6.07) is 0. The van der Waals surface area contributed by atoms with Crippen LogP contribution in [0.4, 0.5) is 0 Å². The number of carbonyl (C=O) groups excluding carboxylic acids is 5. The van der Waals surface area contributed by atoms with Gasteiger partial charge in [0, 0.05) is 24.0 Å². The third-order valence-corrected chi connectivity index (χ3v) is 6.44. The fourth-order valence-corrected chi connectivity index (χ4v) is 4.81. The van der Waals surface area contributed by atoms with Crippen LogP contribution < -0.4 is 0 Å². The van der Waals surface area contributed by atoms with Gasteiger partial charge in [-0.2, -0.15) is 0 Å². The standard InChI is InChI=1S/C25H26O9/c1-3-7-19(26)33-24(11-5-9-15-17(24)13-31-21(15)28)23(30)25(34-20(27)8-4-2)12-6-10-16-18(25)14-32-22(16)29/h5-6,9-12,17-18H,3-4,7-8,13-14H2,1-2H3. The van der Waals surface area contributed by atoms with Crippen LogP contribution in [0, 0.1) is 11.8 Å². The smallest absolute Gasteiger partial charge is 0.334 e. The quantitative estimate of drug-likeness (QED) is 0.387. The largest absolute Gasteiger partial charge is 0.461 e. The van der Waals surface area contributed by atoms with Crippen LogP contribution in [0.15, 0.2) is 47.6 Å². The van der Waals surface area contributed by atoms with Gasteiger partial charge in [-0.05, 0) is 25.0 Å². The molecule has 2 heterocycles. The van der Waals surface area contributed by atoms with E-state index in [1.165, 1.54) is 36.5 Å². The van der Waals surface area contributed by atoms with Crippen molar-refractivity contribution in [2.75, 3.05) is 13.2 Å². The minimum Gasteiger partial charge on any atom is -0.461 e. The molecule has 0 amide bonds. The maximum atomic E-state index is 14.5. The number of esters is 4. The Labute approximate surface area is 196 Å². The van der Waals surface area contributed by atoms with Crippen LogP contribution in [-0.4, -0.2) is 54.1 Å². The maximum absolute atomic E-state index is 14.5. The van der Waals surface area contributed by atoms with E-state index in [0.29, 0.717) is 12.8 Å². The molecule has 4 unspecified atom stereocenters. The zero-order valence-electron chi connectivity index (χ0n) is 19.0. The Morgan fingerprint density at radius 2 is 1.24 bits per heavy atom. The van der Waals surface area contributed by atoms with Gasteiger partial charge in [-0.15, -0.1) is 0 Å². The summed E-state index contributed by atoms with van der Waals surface area (Å²) in [5.41, 5.74) is -3.59. The number of ether oxygens (including phenoxy) is 4. The molecule has 34 heavy (non-hydrogen) atoms. The van der Waals surface area contributed by atoms with Crippen LogP contribution >= 0.6 is 0 Å². The predicted molar refractivity (Wildman–Crippen MR) is 116 cm³/mol. The zero-order valence-corrected chi connectivity index (χ0v) is 19.0. The molecule has 0 aromatic carbocycles. The summed E-state index contributed by atoms with van der Waals surface area (Å²) >= 11 is 0. The van der Waals surface area contributed by atoms with E-state index in [4.69, 9.17) is 18.9 Å². The molecule has 2 aliphatic carbocycles. The fraction of sp³-hybridized carbons (Fsp3) is 0.480. The highest BCUT2D eigenvalue weighted by Crippen LogP contribution is 2.47. The molecule has 9 heteroatoms. The minimum atomic E-state index is -1.98. The Hall–Kier alpha value is -3.49. The van der Waals surface area contributed by atoms with E-state index in [0.717, 1.165) is 0 Å². The first kappa shape index (κ1) is 23.7. The summed E-state index contributed by atoms with van der Waals surface area (Å²) in [7, 11) is 0. The van der Waals surface area contributed by atoms with Crippen LogP contribution in [0.5, 0.6) is 0 Å². The second kappa shape index (κ2) is 9.04. The van der Waals surface area contributed by atoms with Crippen LogP contribution in [-0.2, 0) is 42.9 Å². The molecule has 0 saturated carbocycles. The summed E-state index contributed by atoms with van der Waals surface area (Å²) in [6.07, 6.45) is 9.77. The summed E-state index contributed by atoms with van der Waals surface area (Å²) in [4.78, 5) is 64.6. The van der Waals surface area contributed by atoms with E-state index in [1.807, 2.05) is 0 Å². The number of hydrogen-bond acceptors (Lipinski definition) is 9. The third-order valence-electron chi connectivity index (χ3n) is 6.44. The van der Waals surface area contributed by atoms with Gasteiger partial charge in [-0.3, -0.25) is 14.4 Å². The highest BCUT2D eigenvalue weighted by atomic mass is 16.6. The lowest BCUT2D eigenvalue weighted by Crippen LogP contribution is -2.63. The van der Waals surface area contributed by atoms with Crippen LogP contribution in [0.3, 0.4) is 0 Å². The van der Waals surface area contributed by atoms with Gasteiger partial charge in [0.25, 0.3) is 0 Å². The van der Waals surface area contributed by atoms with E-state index in [2.05, 4.69) is 0 Å². The molecule has 4 atom stereocenters. The van der Waals surface area contributed by atoms with Crippen molar-refractivity contribution < 1.29 is 42.9 Å². The zero-order chi connectivity index (χ0) is 24.5. The van der Waals surface area contributed by atoms with E-state index in [9.17, 15) is 24.0 Å². The van der Waals surface area contributed by atoms with Gasteiger partial charge in [0.05, 0.1) is 11.8 Å². The van der Waals surface area contributed by atoms with Gasteiger partial charge >= 0.3 is 23.9 Å². The Morgan fingerprint density at radius 1 is 0.824 bits per heavy atom. The van der Waals surface area contributed by atoms with Crippen molar-refractivity contribution in [3.05, 3.63) is 47.6 Å². The average Bonchev–Trinajstić information content (AvgIpc) is 3.38. The number of allylic oxidation sites excluding steroid dienone is 4. The Morgan fingerprint density at radius 3 is 1.62 bits per heavy atom. The summed E-state index contributed by atoms with van der Waals surface area (Å²) in [5.74, 6) is -5.16. The monoisotopic (exact) mass is 470 g/mol.